The van der Waals surface area contributed by atoms with Crippen LogP contribution in [0.1, 0.15) is 30.1 Å². The molecule has 0 aliphatic rings. The van der Waals surface area contributed by atoms with Gasteiger partial charge in [0.05, 0.1) is 11.0 Å². The highest BCUT2D eigenvalue weighted by molar-refractivity contribution is 9.09. The number of alkyl halides is 1. The quantitative estimate of drug-likeness (QED) is 0.422. The van der Waals surface area contributed by atoms with E-state index in [-0.39, 0.29) is 0 Å². The second kappa shape index (κ2) is 8.02. The Hall–Kier alpha value is -1.57. The zero-order valence-corrected chi connectivity index (χ0v) is 13.0. The second-order valence-electron chi connectivity index (χ2n) is 4.38. The maximum Gasteiger partial charge on any atom is 0.285 e. The molecule has 0 aromatic heterocycles. The lowest BCUT2D eigenvalue weighted by Crippen LogP contribution is -2.34. The van der Waals surface area contributed by atoms with Gasteiger partial charge in [-0.15, -0.1) is 0 Å². The van der Waals surface area contributed by atoms with Crippen LogP contribution in [-0.2, 0) is 0 Å². The lowest BCUT2D eigenvalue weighted by atomic mass is 10.1. The van der Waals surface area contributed by atoms with Crippen molar-refractivity contribution >= 4 is 27.5 Å². The Morgan fingerprint density at radius 3 is 2.48 bits per heavy atom. The minimum Gasteiger partial charge on any atom is -0.338 e. The van der Waals surface area contributed by atoms with Crippen molar-refractivity contribution < 1.29 is 18.5 Å². The van der Waals surface area contributed by atoms with Gasteiger partial charge in [-0.25, -0.2) is 8.78 Å². The second-order valence-corrected chi connectivity index (χ2v) is 5.17. The molecule has 0 atom stereocenters. The topological polar surface area (TPSA) is 63.5 Å². The molecule has 0 aliphatic carbocycles. The number of carbonyl (C=O) groups excluding carboxylic acids is 1. The van der Waals surface area contributed by atoms with Crippen molar-refractivity contribution in [3.8, 4) is 0 Å². The molecule has 1 rings (SSSR count). The Balaban J connectivity index is 3.19. The smallest absolute Gasteiger partial charge is 0.285 e. The lowest BCUT2D eigenvalue weighted by Gasteiger charge is -2.21. The molecule has 0 saturated carbocycles. The molecule has 0 spiro atoms. The van der Waals surface area contributed by atoms with Gasteiger partial charge in [0.15, 0.2) is 11.6 Å². The van der Waals surface area contributed by atoms with E-state index in [4.69, 9.17) is 0 Å². The van der Waals surface area contributed by atoms with E-state index in [1.54, 1.807) is 0 Å². The van der Waals surface area contributed by atoms with Crippen LogP contribution in [0.5, 0.6) is 0 Å². The molecule has 5 nitrogen and oxygen atoms in total. The summed E-state index contributed by atoms with van der Waals surface area (Å²) in [4.78, 5) is 23.8. The van der Waals surface area contributed by atoms with E-state index >= 15 is 0 Å². The van der Waals surface area contributed by atoms with Gasteiger partial charge < -0.3 is 4.90 Å². The van der Waals surface area contributed by atoms with Crippen LogP contribution in [0.3, 0.4) is 0 Å². The number of nitrogens with zero attached hydrogens (tertiary/aromatic N) is 2. The SMILES string of the molecule is CCCCN(CCBr)C(=O)c1cc(F)c(F)cc1[N+](=O)[O-]. The number of nitro benzene ring substituents is 1. The van der Waals surface area contributed by atoms with Crippen LogP contribution >= 0.6 is 15.9 Å². The van der Waals surface area contributed by atoms with Gasteiger partial charge in [0.2, 0.25) is 0 Å². The molecule has 0 unspecified atom stereocenters. The summed E-state index contributed by atoms with van der Waals surface area (Å²) in [6.45, 7) is 2.67. The van der Waals surface area contributed by atoms with Crippen molar-refractivity contribution in [2.75, 3.05) is 18.4 Å². The van der Waals surface area contributed by atoms with E-state index in [2.05, 4.69) is 15.9 Å². The number of amides is 1. The van der Waals surface area contributed by atoms with E-state index in [1.165, 1.54) is 4.90 Å². The van der Waals surface area contributed by atoms with Crippen LogP contribution in [0, 0.1) is 21.7 Å². The van der Waals surface area contributed by atoms with Gasteiger partial charge in [0.1, 0.15) is 5.56 Å². The van der Waals surface area contributed by atoms with Crippen LogP contribution < -0.4 is 0 Å². The van der Waals surface area contributed by atoms with Crippen LogP contribution in [0.25, 0.3) is 0 Å². The average molecular weight is 365 g/mol. The highest BCUT2D eigenvalue weighted by Crippen LogP contribution is 2.24. The summed E-state index contributed by atoms with van der Waals surface area (Å²) in [5.41, 5.74) is -1.16. The van der Waals surface area contributed by atoms with Crippen molar-refractivity contribution in [2.24, 2.45) is 0 Å². The summed E-state index contributed by atoms with van der Waals surface area (Å²) in [7, 11) is 0. The molecule has 0 saturated heterocycles. The van der Waals surface area contributed by atoms with Gasteiger partial charge in [-0.1, -0.05) is 29.3 Å². The van der Waals surface area contributed by atoms with Crippen molar-refractivity contribution in [2.45, 2.75) is 19.8 Å². The number of unbranched alkanes of at least 4 members (excludes halogenated alkanes) is 1. The molecule has 1 aromatic carbocycles. The van der Waals surface area contributed by atoms with E-state index in [9.17, 15) is 23.7 Å². The van der Waals surface area contributed by atoms with E-state index < -0.39 is 33.7 Å². The molecular formula is C13H15BrF2N2O3. The summed E-state index contributed by atoms with van der Waals surface area (Å²) >= 11 is 3.19. The molecule has 0 N–H and O–H groups in total. The fourth-order valence-electron chi connectivity index (χ4n) is 1.79. The average Bonchev–Trinajstić information content (AvgIpc) is 2.44. The minimum absolute atomic E-state index is 0.328. The van der Waals surface area contributed by atoms with Crippen LogP contribution in [0.4, 0.5) is 14.5 Å². The molecule has 0 bridgehead atoms. The normalized spacial score (nSPS) is 10.5. The summed E-state index contributed by atoms with van der Waals surface area (Å²) < 4.78 is 26.4. The number of benzene rings is 1. The van der Waals surface area contributed by atoms with Gasteiger partial charge in [-0.2, -0.15) is 0 Å². The van der Waals surface area contributed by atoms with Gasteiger partial charge in [0.25, 0.3) is 11.6 Å². The first-order chi connectivity index (χ1) is 9.92. The molecule has 1 amide bonds. The number of rotatable bonds is 7. The predicted molar refractivity (Wildman–Crippen MR) is 77.6 cm³/mol. The third kappa shape index (κ3) is 4.45. The Kier molecular flexibility index (Phi) is 6.67. The standard InChI is InChI=1S/C13H15BrF2N2O3/c1-2-3-5-17(6-4-14)13(19)9-7-10(15)11(16)8-12(9)18(20)21/h7-8H,2-6H2,1H3. The molecule has 0 radical (unpaired) electrons. The summed E-state index contributed by atoms with van der Waals surface area (Å²) in [6.07, 6.45) is 1.56. The highest BCUT2D eigenvalue weighted by Gasteiger charge is 2.27. The van der Waals surface area contributed by atoms with E-state index in [0.29, 0.717) is 30.6 Å². The first-order valence-electron chi connectivity index (χ1n) is 6.41. The fourth-order valence-corrected chi connectivity index (χ4v) is 2.22. The molecule has 1 aromatic rings. The van der Waals surface area contributed by atoms with Crippen LogP contribution in [0.15, 0.2) is 12.1 Å². The predicted octanol–water partition coefficient (Wildman–Crippen LogP) is 3.51. The van der Waals surface area contributed by atoms with Crippen molar-refractivity contribution in [1.82, 2.24) is 4.90 Å². The van der Waals surface area contributed by atoms with Gasteiger partial charge in [-0.3, -0.25) is 14.9 Å². The van der Waals surface area contributed by atoms with Crippen LogP contribution in [-0.4, -0.2) is 34.2 Å². The lowest BCUT2D eigenvalue weighted by molar-refractivity contribution is -0.385. The molecule has 0 aliphatic heterocycles. The number of hydrogen-bond donors (Lipinski definition) is 0. The largest absolute Gasteiger partial charge is 0.338 e. The maximum absolute atomic E-state index is 13.3. The third-order valence-corrected chi connectivity index (χ3v) is 3.24. The van der Waals surface area contributed by atoms with E-state index in [0.717, 1.165) is 12.8 Å². The Bertz CT molecular complexity index is 540. The molecule has 0 heterocycles. The number of halogens is 3. The monoisotopic (exact) mass is 364 g/mol. The Labute approximate surface area is 129 Å². The zero-order valence-electron chi connectivity index (χ0n) is 11.4. The van der Waals surface area contributed by atoms with Crippen molar-refractivity contribution in [3.05, 3.63) is 39.4 Å². The molecule has 0 fully saturated rings. The Morgan fingerprint density at radius 1 is 1.33 bits per heavy atom. The zero-order chi connectivity index (χ0) is 16.0. The highest BCUT2D eigenvalue weighted by atomic mass is 79.9. The Morgan fingerprint density at radius 2 is 1.95 bits per heavy atom. The number of carbonyl (C=O) groups is 1. The third-order valence-electron chi connectivity index (χ3n) is 2.89. The van der Waals surface area contributed by atoms with Crippen molar-refractivity contribution in [1.29, 1.82) is 0 Å². The molecule has 21 heavy (non-hydrogen) atoms. The molecule has 8 heteroatoms. The first-order valence-corrected chi connectivity index (χ1v) is 7.53. The number of hydrogen-bond acceptors (Lipinski definition) is 3. The first kappa shape index (κ1) is 17.5. The fraction of sp³-hybridized carbons (Fsp3) is 0.462. The van der Waals surface area contributed by atoms with Crippen molar-refractivity contribution in [3.63, 3.8) is 0 Å². The molecular weight excluding hydrogens is 350 g/mol. The minimum atomic E-state index is -1.35. The van der Waals surface area contributed by atoms with E-state index in [1.807, 2.05) is 6.92 Å². The van der Waals surface area contributed by atoms with Crippen LogP contribution in [0.2, 0.25) is 0 Å². The maximum atomic E-state index is 13.3. The number of nitro groups is 1. The van der Waals surface area contributed by atoms with Gasteiger partial charge >= 0.3 is 0 Å². The molecule has 116 valence electrons. The van der Waals surface area contributed by atoms with Gasteiger partial charge in [0, 0.05) is 18.4 Å². The summed E-state index contributed by atoms with van der Waals surface area (Å²) in [5.74, 6) is -3.30. The summed E-state index contributed by atoms with van der Waals surface area (Å²) in [5, 5.41) is 11.4. The van der Waals surface area contributed by atoms with Gasteiger partial charge in [-0.05, 0) is 12.5 Å². The summed E-state index contributed by atoms with van der Waals surface area (Å²) in [6, 6.07) is 1.03.